The van der Waals surface area contributed by atoms with Crippen LogP contribution in [0.4, 0.5) is 0 Å². The van der Waals surface area contributed by atoms with Crippen LogP contribution < -0.4 is 0 Å². The number of rotatable bonds is 5. The largest absolute Gasteiger partial charge is 0.762 e. The summed E-state index contributed by atoms with van der Waals surface area (Å²) >= 11 is 0. The van der Waals surface area contributed by atoms with E-state index in [4.69, 9.17) is 25.9 Å². The summed E-state index contributed by atoms with van der Waals surface area (Å²) in [6, 6.07) is 10.1. The zero-order valence-electron chi connectivity index (χ0n) is 13.4. The highest BCUT2D eigenvalue weighted by atomic mass is 16.5. The van der Waals surface area contributed by atoms with Gasteiger partial charge in [0.15, 0.2) is 5.78 Å². The smallest absolute Gasteiger partial charge is 0.339 e. The van der Waals surface area contributed by atoms with Crippen molar-refractivity contribution in [1.82, 2.24) is 0 Å². The normalized spacial score (nSPS) is 8.96. The molecule has 7 heteroatoms. The highest BCUT2D eigenvalue weighted by Gasteiger charge is 2.26. The van der Waals surface area contributed by atoms with Gasteiger partial charge in [-0.25, -0.2) is 10.7 Å². The van der Waals surface area contributed by atoms with Gasteiger partial charge in [-0.05, 0) is 19.9 Å². The summed E-state index contributed by atoms with van der Waals surface area (Å²) in [6.45, 7) is 3.27. The fourth-order valence-electron chi connectivity index (χ4n) is 1.90. The Kier molecular flexibility index (Phi) is 6.56. The van der Waals surface area contributed by atoms with E-state index in [2.05, 4.69) is 0 Å². The van der Waals surface area contributed by atoms with Crippen molar-refractivity contribution in [3.63, 3.8) is 0 Å². The highest BCUT2D eigenvalue weighted by molar-refractivity contribution is 6.19. The van der Waals surface area contributed by atoms with Gasteiger partial charge in [0.05, 0.1) is 22.8 Å². The monoisotopic (exact) mass is 331 g/mol. The van der Waals surface area contributed by atoms with E-state index in [-0.39, 0.29) is 11.1 Å². The van der Waals surface area contributed by atoms with Gasteiger partial charge in [0.25, 0.3) is 0 Å². The van der Waals surface area contributed by atoms with E-state index in [1.54, 1.807) is 13.8 Å². The Balaban J connectivity index is 3.64. The Hall–Kier alpha value is -3.98. The van der Waals surface area contributed by atoms with E-state index in [0.29, 0.717) is 0 Å². The van der Waals surface area contributed by atoms with E-state index in [1.165, 1.54) is 48.3 Å². The van der Waals surface area contributed by atoms with Crippen LogP contribution in [-0.2, 0) is 4.74 Å². The number of carbonyl (C=O) groups excluding carboxylic acids is 2. The van der Waals surface area contributed by atoms with Gasteiger partial charge in [-0.15, -0.1) is 0 Å². The predicted molar refractivity (Wildman–Crippen MR) is 87.1 cm³/mol. The Labute approximate surface area is 144 Å². The highest BCUT2D eigenvalue weighted by Crippen LogP contribution is 2.22. The maximum Gasteiger partial charge on any atom is 0.339 e. The lowest BCUT2D eigenvalue weighted by molar-refractivity contribution is 0.0375. The quantitative estimate of drug-likeness (QED) is 0.203. The maximum absolute atomic E-state index is 12.8. The number of nitrogens with zero attached hydrogens (tertiary/aromatic N) is 4. The molecule has 1 aromatic carbocycles. The Morgan fingerprint density at radius 2 is 1.60 bits per heavy atom. The van der Waals surface area contributed by atoms with Crippen LogP contribution in [0.2, 0.25) is 0 Å². The third kappa shape index (κ3) is 4.27. The maximum atomic E-state index is 12.8. The van der Waals surface area contributed by atoms with Crippen LogP contribution in [0.3, 0.4) is 0 Å². The minimum Gasteiger partial charge on any atom is -0.762 e. The zero-order valence-corrected chi connectivity index (χ0v) is 13.4. The molecule has 0 heterocycles. The molecule has 0 unspecified atom stereocenters. The van der Waals surface area contributed by atoms with Crippen LogP contribution in [0, 0.1) is 34.0 Å². The molecule has 0 aliphatic rings. The van der Waals surface area contributed by atoms with Crippen molar-refractivity contribution < 1.29 is 14.3 Å². The van der Waals surface area contributed by atoms with Crippen LogP contribution >= 0.6 is 0 Å². The minimum absolute atomic E-state index is 0.0934. The summed E-state index contributed by atoms with van der Waals surface area (Å²) in [5.41, 5.74) is -2.27. The summed E-state index contributed by atoms with van der Waals surface area (Å²) in [4.78, 5) is 24.9. The van der Waals surface area contributed by atoms with Crippen molar-refractivity contribution in [2.24, 2.45) is 0 Å². The lowest BCUT2D eigenvalue weighted by Gasteiger charge is -2.12. The number of ketones is 1. The third-order valence-corrected chi connectivity index (χ3v) is 2.91. The average Bonchev–Trinajstić information content (AvgIpc) is 2.61. The average molecular weight is 331 g/mol. The molecule has 1 rings (SSSR count). The molecule has 122 valence electrons. The molecule has 7 nitrogen and oxygen atoms in total. The predicted octanol–water partition coefficient (Wildman–Crippen LogP) is 2.47. The van der Waals surface area contributed by atoms with Crippen molar-refractivity contribution in [2.45, 2.75) is 20.0 Å². The molecule has 0 fully saturated rings. The van der Waals surface area contributed by atoms with E-state index in [1.807, 2.05) is 0 Å². The molecule has 0 aliphatic heterocycles. The summed E-state index contributed by atoms with van der Waals surface area (Å²) in [7, 11) is 0. The van der Waals surface area contributed by atoms with Crippen molar-refractivity contribution in [3.05, 3.63) is 57.5 Å². The SMILES string of the molecule is CC(C)OC(=O)c1ccccc1C(=O)C(C(=C=[N-])C#N)=C(C#N)C#N. The molecule has 25 heavy (non-hydrogen) atoms. The van der Waals surface area contributed by atoms with Crippen LogP contribution in [-0.4, -0.2) is 23.7 Å². The molecule has 0 atom stereocenters. The van der Waals surface area contributed by atoms with Gasteiger partial charge < -0.3 is 10.1 Å². The zero-order chi connectivity index (χ0) is 19.0. The first kappa shape index (κ1) is 19.1. The molecule has 0 aromatic heterocycles. The number of esters is 1. The molecular weight excluding hydrogens is 320 g/mol. The fourth-order valence-corrected chi connectivity index (χ4v) is 1.90. The van der Waals surface area contributed by atoms with Crippen LogP contribution in [0.1, 0.15) is 34.6 Å². The Bertz CT molecular complexity index is 914. The molecule has 1 aromatic rings. The van der Waals surface area contributed by atoms with E-state index in [9.17, 15) is 9.59 Å². The number of Topliss-reactive ketones (excluding diaryl/α,β-unsaturated/α-hetero) is 1. The summed E-state index contributed by atoms with van der Waals surface area (Å²) in [5, 5.41) is 36.1. The molecule has 0 N–H and O–H groups in total. The van der Waals surface area contributed by atoms with Crippen LogP contribution in [0.25, 0.3) is 5.41 Å². The second-order valence-corrected chi connectivity index (χ2v) is 4.90. The van der Waals surface area contributed by atoms with Gasteiger partial charge in [0.1, 0.15) is 23.8 Å². The molecule has 0 spiro atoms. The minimum atomic E-state index is -0.951. The topological polar surface area (TPSA) is 137 Å². The lowest BCUT2D eigenvalue weighted by atomic mass is 9.91. The molecule has 0 radical (unpaired) electrons. The van der Waals surface area contributed by atoms with Crippen LogP contribution in [0.15, 0.2) is 41.0 Å². The first-order chi connectivity index (χ1) is 11.9. The number of nitriles is 3. The third-order valence-electron chi connectivity index (χ3n) is 2.91. The molecule has 0 saturated carbocycles. The number of benzene rings is 1. The number of ether oxygens (including phenoxy) is 1. The second kappa shape index (κ2) is 8.60. The first-order valence-corrected chi connectivity index (χ1v) is 6.97. The molecule has 0 bridgehead atoms. The number of hydrogen-bond acceptors (Lipinski definition) is 6. The molecular formula is C18H11N4O3-. The van der Waals surface area contributed by atoms with E-state index >= 15 is 0 Å². The molecule has 0 amide bonds. The van der Waals surface area contributed by atoms with Gasteiger partial charge >= 0.3 is 5.97 Å². The van der Waals surface area contributed by atoms with Gasteiger partial charge in [-0.2, -0.15) is 15.8 Å². The number of allylic oxidation sites excluding steroid dienone is 3. The number of carbonyl (C=O) groups is 2. The summed E-state index contributed by atoms with van der Waals surface area (Å²) in [6.07, 6.45) is -0.431. The van der Waals surface area contributed by atoms with E-state index < -0.39 is 34.6 Å². The first-order valence-electron chi connectivity index (χ1n) is 6.97. The van der Waals surface area contributed by atoms with Crippen molar-refractivity contribution in [3.8, 4) is 18.2 Å². The standard InChI is InChI=1S/C18H11N4O3/c1-11(2)25-18(24)15-6-4-3-5-14(15)17(23)16(12(7-19)8-20)13(9-21)10-22/h3-6,11H,1-2H3/q-1. The van der Waals surface area contributed by atoms with Gasteiger partial charge in [0.2, 0.25) is 0 Å². The lowest BCUT2D eigenvalue weighted by Crippen LogP contribution is -2.17. The van der Waals surface area contributed by atoms with Crippen molar-refractivity contribution >= 4 is 17.6 Å². The Morgan fingerprint density at radius 1 is 1.04 bits per heavy atom. The Morgan fingerprint density at radius 3 is 2.04 bits per heavy atom. The van der Waals surface area contributed by atoms with Crippen molar-refractivity contribution in [2.75, 3.05) is 0 Å². The van der Waals surface area contributed by atoms with Crippen LogP contribution in [0.5, 0.6) is 0 Å². The molecule has 0 saturated heterocycles. The number of hydrogen-bond donors (Lipinski definition) is 0. The van der Waals surface area contributed by atoms with Gasteiger partial charge in [0, 0.05) is 5.56 Å². The molecule has 0 aliphatic carbocycles. The fraction of sp³-hybridized carbons (Fsp3) is 0.167. The van der Waals surface area contributed by atoms with Crippen molar-refractivity contribution in [1.29, 1.82) is 15.8 Å². The summed E-state index contributed by atoms with van der Waals surface area (Å²) < 4.78 is 5.06. The second-order valence-electron chi connectivity index (χ2n) is 4.90. The van der Waals surface area contributed by atoms with Gasteiger partial charge in [-0.3, -0.25) is 4.79 Å². The summed E-state index contributed by atoms with van der Waals surface area (Å²) in [5.74, 6) is -0.234. The van der Waals surface area contributed by atoms with E-state index in [0.717, 1.165) is 0 Å². The van der Waals surface area contributed by atoms with Gasteiger partial charge in [-0.1, -0.05) is 18.2 Å².